The second-order valence-corrected chi connectivity index (χ2v) is 16.3. The van der Waals surface area contributed by atoms with Crippen LogP contribution >= 0.6 is 0 Å². The van der Waals surface area contributed by atoms with Crippen molar-refractivity contribution in [2.24, 2.45) is 5.41 Å². The molecular weight excluding hydrogens is 719 g/mol. The molecule has 0 aliphatic carbocycles. The number of hydrogen-bond donors (Lipinski definition) is 0. The van der Waals surface area contributed by atoms with Crippen molar-refractivity contribution >= 4 is 17.1 Å². The van der Waals surface area contributed by atoms with Crippen molar-refractivity contribution < 1.29 is 33.2 Å². The van der Waals surface area contributed by atoms with Crippen LogP contribution in [0.2, 0.25) is 0 Å². The maximum absolute atomic E-state index is 6.68. The van der Waals surface area contributed by atoms with Crippen LogP contribution in [0.4, 0.5) is 17.1 Å². The molecule has 4 rings (SSSR count). The van der Waals surface area contributed by atoms with Crippen LogP contribution in [-0.4, -0.2) is 78.0 Å². The molecule has 0 N–H and O–H groups in total. The Morgan fingerprint density at radius 2 is 1.21 bits per heavy atom. The minimum Gasteiger partial charge on any atom is -0.496 e. The minimum absolute atomic E-state index is 0.204. The van der Waals surface area contributed by atoms with Crippen LogP contribution in [0.1, 0.15) is 78.5 Å². The lowest BCUT2D eigenvalue weighted by Gasteiger charge is -2.31. The van der Waals surface area contributed by atoms with E-state index < -0.39 is 0 Å². The Balaban J connectivity index is 1.72. The van der Waals surface area contributed by atoms with E-state index in [0.29, 0.717) is 71.8 Å². The number of hydrogen-bond acceptors (Lipinski definition) is 10. The predicted octanol–water partition coefficient (Wildman–Crippen LogP) is 10.2. The third-order valence-electron chi connectivity index (χ3n) is 9.23. The predicted molar refractivity (Wildman–Crippen MR) is 233 cm³/mol. The molecule has 3 aromatic carbocycles. The first-order valence-electron chi connectivity index (χ1n) is 20.6. The van der Waals surface area contributed by atoms with Crippen LogP contribution in [-0.2, 0) is 18.9 Å². The van der Waals surface area contributed by atoms with Gasteiger partial charge in [-0.05, 0) is 115 Å². The van der Waals surface area contributed by atoms with Crippen molar-refractivity contribution in [1.82, 2.24) is 0 Å². The molecule has 57 heavy (non-hydrogen) atoms. The Morgan fingerprint density at radius 3 is 1.79 bits per heavy atom. The van der Waals surface area contributed by atoms with Gasteiger partial charge in [0.1, 0.15) is 43.7 Å². The van der Waals surface area contributed by atoms with E-state index >= 15 is 0 Å². The molecule has 10 nitrogen and oxygen atoms in total. The third kappa shape index (κ3) is 14.6. The van der Waals surface area contributed by atoms with Gasteiger partial charge in [0.2, 0.25) is 0 Å². The largest absolute Gasteiger partial charge is 0.496 e. The van der Waals surface area contributed by atoms with Crippen molar-refractivity contribution in [3.63, 3.8) is 0 Å². The summed E-state index contributed by atoms with van der Waals surface area (Å²) in [5.41, 5.74) is 5.79. The molecule has 1 aliphatic rings. The van der Waals surface area contributed by atoms with Crippen LogP contribution in [0.5, 0.6) is 17.2 Å². The summed E-state index contributed by atoms with van der Waals surface area (Å²) in [5.74, 6) is 2.84. The highest BCUT2D eigenvalue weighted by molar-refractivity contribution is 5.63. The van der Waals surface area contributed by atoms with E-state index in [0.717, 1.165) is 64.0 Å². The highest BCUT2D eigenvalue weighted by atomic mass is 16.7. The Labute approximate surface area is 343 Å². The van der Waals surface area contributed by atoms with Crippen molar-refractivity contribution in [3.05, 3.63) is 95.9 Å². The number of anilines is 3. The van der Waals surface area contributed by atoms with E-state index in [1.165, 1.54) is 0 Å². The standard InChI is InChI=1S/C47H69N3O7/c1-12-24-54-45-33-49(14-3)40-19-16-37(5)31-43(40)53-27-23-50(41-20-17-38(6)32-44(41)56-34-47(10,11)35-57-46(7,8)9)22-26-52-42-30-36(4)15-18-39(42)48(13-2)21-25-51-28-29-55-45/h15-21,25,30-33H,12-14,22-24,26-29,34-35H2,1-11H3/b25-21-,45-33-. The molecule has 0 fully saturated rings. The zero-order valence-electron chi connectivity index (χ0n) is 36.6. The summed E-state index contributed by atoms with van der Waals surface area (Å²) in [6.07, 6.45) is 6.42. The first-order valence-corrected chi connectivity index (χ1v) is 20.6. The maximum atomic E-state index is 6.68. The summed E-state index contributed by atoms with van der Waals surface area (Å²) in [7, 11) is 0. The molecule has 3 aromatic rings. The van der Waals surface area contributed by atoms with E-state index in [1.54, 1.807) is 6.26 Å². The number of fused-ring (bicyclic) bond motifs is 2. The van der Waals surface area contributed by atoms with Gasteiger partial charge in [-0.15, -0.1) is 0 Å². The van der Waals surface area contributed by atoms with Crippen LogP contribution in [0.15, 0.2) is 79.2 Å². The molecule has 0 bridgehead atoms. The summed E-state index contributed by atoms with van der Waals surface area (Å²) in [4.78, 5) is 6.52. The zero-order valence-corrected chi connectivity index (χ0v) is 36.6. The molecule has 10 heteroatoms. The molecule has 0 amide bonds. The highest BCUT2D eigenvalue weighted by Crippen LogP contribution is 2.35. The quantitative estimate of drug-likeness (QED) is 0.188. The number of benzene rings is 3. The summed E-state index contributed by atoms with van der Waals surface area (Å²) >= 11 is 0. The van der Waals surface area contributed by atoms with E-state index in [1.807, 2.05) is 12.4 Å². The van der Waals surface area contributed by atoms with Gasteiger partial charge in [-0.1, -0.05) is 39.0 Å². The fourth-order valence-electron chi connectivity index (χ4n) is 6.07. The van der Waals surface area contributed by atoms with Crippen LogP contribution < -0.4 is 28.9 Å². The lowest BCUT2D eigenvalue weighted by Crippen LogP contribution is -2.34. The number of nitrogens with zero attached hydrogens (tertiary/aromatic N) is 3. The Bertz CT molecular complexity index is 1750. The van der Waals surface area contributed by atoms with Gasteiger partial charge in [0.25, 0.3) is 5.95 Å². The maximum Gasteiger partial charge on any atom is 0.296 e. The van der Waals surface area contributed by atoms with E-state index in [4.69, 9.17) is 33.2 Å². The van der Waals surface area contributed by atoms with E-state index in [9.17, 15) is 0 Å². The monoisotopic (exact) mass is 788 g/mol. The van der Waals surface area contributed by atoms with Crippen LogP contribution in [0.25, 0.3) is 0 Å². The molecule has 0 saturated carbocycles. The Kier molecular flexibility index (Phi) is 17.2. The lowest BCUT2D eigenvalue weighted by molar-refractivity contribution is -0.0532. The number of ether oxygens (including phenoxy) is 7. The van der Waals surface area contributed by atoms with Gasteiger partial charge >= 0.3 is 0 Å². The molecule has 0 atom stereocenters. The summed E-state index contributed by atoms with van der Waals surface area (Å²) in [5, 5.41) is 0. The van der Waals surface area contributed by atoms with Gasteiger partial charge < -0.3 is 47.9 Å². The lowest BCUT2D eigenvalue weighted by atomic mass is 9.96. The van der Waals surface area contributed by atoms with E-state index in [2.05, 4.69) is 145 Å². The first-order chi connectivity index (χ1) is 27.2. The summed E-state index contributed by atoms with van der Waals surface area (Å²) in [6.45, 7) is 28.9. The summed E-state index contributed by atoms with van der Waals surface area (Å²) < 4.78 is 44.2. The fraction of sp³-hybridized carbons (Fsp3) is 0.532. The SMILES string of the molecule is CCCO/C1=C/N(CC)c2ccc(C)cc2OCCN(c2ccc(C)cc2OCC(C)(C)COC(C)(C)C)CCOc2cc(C)ccc2N(CC)/C=C\OCCO1. The van der Waals surface area contributed by atoms with Crippen LogP contribution in [0, 0.1) is 26.2 Å². The molecule has 0 radical (unpaired) electrons. The second-order valence-electron chi connectivity index (χ2n) is 16.3. The normalized spacial score (nSPS) is 16.6. The third-order valence-corrected chi connectivity index (χ3v) is 9.23. The van der Waals surface area contributed by atoms with Gasteiger partial charge in [-0.3, -0.25) is 0 Å². The average molecular weight is 788 g/mol. The number of rotatable bonds is 11. The fourth-order valence-corrected chi connectivity index (χ4v) is 6.07. The first kappa shape index (κ1) is 45.0. The number of aryl methyl sites for hydroxylation is 3. The second kappa shape index (κ2) is 21.7. The Hall–Kier alpha value is -4.70. The molecule has 0 unspecified atom stereocenters. The molecule has 1 aliphatic heterocycles. The smallest absolute Gasteiger partial charge is 0.296 e. The van der Waals surface area contributed by atoms with Gasteiger partial charge in [0, 0.05) is 24.7 Å². The highest BCUT2D eigenvalue weighted by Gasteiger charge is 2.25. The summed E-state index contributed by atoms with van der Waals surface area (Å²) in [6, 6.07) is 19.0. The van der Waals surface area contributed by atoms with Crippen molar-refractivity contribution in [2.75, 3.05) is 87.1 Å². The van der Waals surface area contributed by atoms with Gasteiger partial charge in [0.05, 0.1) is 68.0 Å². The molecule has 1 heterocycles. The molecule has 0 spiro atoms. The molecule has 0 saturated heterocycles. The topological polar surface area (TPSA) is 74.3 Å². The van der Waals surface area contributed by atoms with Crippen molar-refractivity contribution in [1.29, 1.82) is 0 Å². The van der Waals surface area contributed by atoms with Crippen molar-refractivity contribution in [2.45, 2.75) is 88.2 Å². The van der Waals surface area contributed by atoms with E-state index in [-0.39, 0.29) is 11.0 Å². The zero-order chi connectivity index (χ0) is 41.4. The molecule has 314 valence electrons. The van der Waals surface area contributed by atoms with Gasteiger partial charge in [-0.2, -0.15) is 0 Å². The van der Waals surface area contributed by atoms with Gasteiger partial charge in [0.15, 0.2) is 0 Å². The molecular formula is C47H69N3O7. The Morgan fingerprint density at radius 1 is 0.632 bits per heavy atom. The van der Waals surface area contributed by atoms with Crippen LogP contribution in [0.3, 0.4) is 0 Å². The van der Waals surface area contributed by atoms with Gasteiger partial charge in [-0.25, -0.2) is 0 Å². The molecule has 0 aromatic heterocycles. The minimum atomic E-state index is -0.229. The average Bonchev–Trinajstić information content (AvgIpc) is 3.16. The van der Waals surface area contributed by atoms with Crippen molar-refractivity contribution in [3.8, 4) is 17.2 Å².